The van der Waals surface area contributed by atoms with Crippen molar-refractivity contribution >= 4 is 36.5 Å². The van der Waals surface area contributed by atoms with E-state index in [4.69, 9.17) is 10.5 Å². The Balaban J connectivity index is 1.48. The Hall–Kier alpha value is -1.24. The molecular formula is C28H51N5O2PS+. The summed E-state index contributed by atoms with van der Waals surface area (Å²) in [6.07, 6.45) is 23.6. The first kappa shape index (κ1) is 32.0. The van der Waals surface area contributed by atoms with Crippen LogP contribution in [0.2, 0.25) is 0 Å². The van der Waals surface area contributed by atoms with Gasteiger partial charge in [-0.2, -0.15) is 0 Å². The maximum absolute atomic E-state index is 12.9. The zero-order chi connectivity index (χ0) is 26.7. The highest BCUT2D eigenvalue weighted by atomic mass is 32.2. The number of anilines is 1. The molecule has 0 aliphatic rings. The van der Waals surface area contributed by atoms with Crippen molar-refractivity contribution < 1.29 is 9.30 Å². The van der Waals surface area contributed by atoms with Crippen LogP contribution < -0.4 is 5.73 Å². The van der Waals surface area contributed by atoms with Gasteiger partial charge in [0.15, 0.2) is 11.5 Å². The van der Waals surface area contributed by atoms with Crippen LogP contribution in [0.3, 0.4) is 0 Å². The number of imidazole rings is 1. The number of nitrogens with two attached hydrogens (primary N) is 1. The molecule has 0 amide bonds. The van der Waals surface area contributed by atoms with Crippen LogP contribution in [0.5, 0.6) is 0 Å². The molecule has 0 aliphatic carbocycles. The van der Waals surface area contributed by atoms with Gasteiger partial charge in [0.05, 0.1) is 19.0 Å². The standard InChI is InChI=1S/C28H51N5O2PS/c1-4-6-7-8-9-10-11-12-13-14-15-16-17-18-19-37-25(5-2)36(34)23-35-24(3)20-33-22-32-26-27(29)30-21-31-28(26)33/h21-22,24-25H,4-20,23H2,1-3H3,(H2,29,30,31)/q+1. The van der Waals surface area contributed by atoms with E-state index in [2.05, 4.69) is 28.8 Å². The van der Waals surface area contributed by atoms with Crippen molar-refractivity contribution in [1.82, 2.24) is 19.5 Å². The number of hydrogen-bond acceptors (Lipinski definition) is 7. The lowest BCUT2D eigenvalue weighted by Crippen LogP contribution is -2.17. The number of hydrogen-bond donors (Lipinski definition) is 1. The van der Waals surface area contributed by atoms with E-state index in [1.54, 1.807) is 6.33 Å². The molecule has 0 aliphatic heterocycles. The number of fused-ring (bicyclic) bond motifs is 1. The van der Waals surface area contributed by atoms with Gasteiger partial charge in [0.1, 0.15) is 11.8 Å². The lowest BCUT2D eigenvalue weighted by molar-refractivity contribution is 0.0879. The van der Waals surface area contributed by atoms with Crippen LogP contribution in [0.25, 0.3) is 11.2 Å². The lowest BCUT2D eigenvalue weighted by Gasteiger charge is -2.12. The monoisotopic (exact) mass is 552 g/mol. The van der Waals surface area contributed by atoms with Crippen LogP contribution in [0.15, 0.2) is 12.7 Å². The van der Waals surface area contributed by atoms with Gasteiger partial charge in [-0.3, -0.25) is 0 Å². The second kappa shape index (κ2) is 19.8. The molecule has 0 bridgehead atoms. The molecular weight excluding hydrogens is 501 g/mol. The zero-order valence-corrected chi connectivity index (χ0v) is 25.3. The van der Waals surface area contributed by atoms with Gasteiger partial charge in [-0.1, -0.05) is 102 Å². The van der Waals surface area contributed by atoms with Gasteiger partial charge in [0, 0.05) is 6.42 Å². The summed E-state index contributed by atoms with van der Waals surface area (Å²) < 4.78 is 20.7. The smallest absolute Gasteiger partial charge is 0.380 e. The first-order valence-electron chi connectivity index (χ1n) is 14.6. The minimum atomic E-state index is -1.40. The summed E-state index contributed by atoms with van der Waals surface area (Å²) in [6, 6.07) is 0. The second-order valence-corrected chi connectivity index (χ2v) is 13.6. The van der Waals surface area contributed by atoms with Gasteiger partial charge in [0.25, 0.3) is 0 Å². The summed E-state index contributed by atoms with van der Waals surface area (Å²) in [6.45, 7) is 6.98. The Morgan fingerprint density at radius 3 is 2.11 bits per heavy atom. The van der Waals surface area contributed by atoms with E-state index in [-0.39, 0.29) is 11.1 Å². The fourth-order valence-electron chi connectivity index (χ4n) is 4.57. The number of rotatable bonds is 23. The minimum absolute atomic E-state index is 0.0964. The van der Waals surface area contributed by atoms with Crippen molar-refractivity contribution in [1.29, 1.82) is 0 Å². The molecule has 0 spiro atoms. The van der Waals surface area contributed by atoms with Crippen LogP contribution in [-0.4, -0.2) is 42.7 Å². The number of unbranched alkanes of at least 4 members (excludes halogenated alkanes) is 13. The van der Waals surface area contributed by atoms with Gasteiger partial charge in [-0.15, -0.1) is 11.8 Å². The summed E-state index contributed by atoms with van der Waals surface area (Å²) in [5, 5.41) is 0. The normalized spacial score (nSPS) is 13.8. The molecule has 2 aromatic heterocycles. The Labute approximate surface area is 230 Å². The van der Waals surface area contributed by atoms with Gasteiger partial charge < -0.3 is 15.0 Å². The maximum atomic E-state index is 12.9. The fraction of sp³-hybridized carbons (Fsp3) is 0.821. The van der Waals surface area contributed by atoms with Gasteiger partial charge >= 0.3 is 7.80 Å². The van der Waals surface area contributed by atoms with E-state index in [9.17, 15) is 4.57 Å². The molecule has 2 aromatic rings. The van der Waals surface area contributed by atoms with Gasteiger partial charge in [-0.25, -0.2) is 15.0 Å². The number of nitrogen functional groups attached to an aromatic ring is 1. The lowest BCUT2D eigenvalue weighted by atomic mass is 10.0. The highest BCUT2D eigenvalue weighted by Gasteiger charge is 2.29. The van der Waals surface area contributed by atoms with Crippen molar-refractivity contribution in [2.24, 2.45) is 0 Å². The number of ether oxygens (including phenoxy) is 1. The minimum Gasteiger partial charge on any atom is -0.382 e. The molecule has 0 saturated carbocycles. The van der Waals surface area contributed by atoms with Crippen LogP contribution in [0.1, 0.15) is 117 Å². The molecule has 2 rings (SSSR count). The molecule has 2 N–H and O–H groups in total. The highest BCUT2D eigenvalue weighted by molar-refractivity contribution is 8.04. The van der Waals surface area contributed by atoms with E-state index in [0.717, 1.165) is 12.2 Å². The third-order valence-electron chi connectivity index (χ3n) is 6.85. The summed E-state index contributed by atoms with van der Waals surface area (Å²) >= 11 is 1.86. The molecule has 210 valence electrons. The largest absolute Gasteiger partial charge is 0.382 e. The number of nitrogens with zero attached hydrogens (tertiary/aromatic N) is 4. The molecule has 2 heterocycles. The molecule has 0 saturated heterocycles. The number of aromatic nitrogens is 4. The van der Waals surface area contributed by atoms with Gasteiger partial charge in [-0.05, 0) is 19.1 Å². The SMILES string of the molecule is CCCCCCCCCCCCCCCCSC(CC)[P+](=O)COC(C)Cn1cnc2c(N)ncnc21. The summed E-state index contributed by atoms with van der Waals surface area (Å²) in [7, 11) is -1.40. The van der Waals surface area contributed by atoms with Crippen LogP contribution in [-0.2, 0) is 15.8 Å². The van der Waals surface area contributed by atoms with E-state index in [1.807, 2.05) is 23.3 Å². The quantitative estimate of drug-likeness (QED) is 0.109. The highest BCUT2D eigenvalue weighted by Crippen LogP contribution is 2.39. The molecule has 37 heavy (non-hydrogen) atoms. The predicted octanol–water partition coefficient (Wildman–Crippen LogP) is 8.55. The van der Waals surface area contributed by atoms with Gasteiger partial charge in [0.2, 0.25) is 11.3 Å². The Morgan fingerprint density at radius 2 is 1.51 bits per heavy atom. The molecule has 0 radical (unpaired) electrons. The maximum Gasteiger partial charge on any atom is 0.380 e. The number of thioether (sulfide) groups is 1. The first-order valence-corrected chi connectivity index (χ1v) is 17.2. The Morgan fingerprint density at radius 1 is 0.919 bits per heavy atom. The van der Waals surface area contributed by atoms with E-state index in [1.165, 1.54) is 96.2 Å². The topological polar surface area (TPSA) is 95.9 Å². The van der Waals surface area contributed by atoms with E-state index in [0.29, 0.717) is 29.9 Å². The third-order valence-corrected chi connectivity index (χ3v) is 10.7. The first-order chi connectivity index (χ1) is 18.1. The Kier molecular flexibility index (Phi) is 17.1. The van der Waals surface area contributed by atoms with Crippen LogP contribution in [0.4, 0.5) is 5.82 Å². The molecule has 7 nitrogen and oxygen atoms in total. The zero-order valence-electron chi connectivity index (χ0n) is 23.6. The predicted molar refractivity (Wildman–Crippen MR) is 160 cm³/mol. The molecule has 3 atom stereocenters. The average molecular weight is 553 g/mol. The average Bonchev–Trinajstić information content (AvgIpc) is 3.31. The van der Waals surface area contributed by atoms with E-state index < -0.39 is 7.80 Å². The van der Waals surface area contributed by atoms with Crippen molar-refractivity contribution in [2.75, 3.05) is 17.8 Å². The summed E-state index contributed by atoms with van der Waals surface area (Å²) in [5.74, 6) is 1.47. The van der Waals surface area contributed by atoms with Crippen molar-refractivity contribution in [2.45, 2.75) is 135 Å². The van der Waals surface area contributed by atoms with Crippen molar-refractivity contribution in [3.05, 3.63) is 12.7 Å². The molecule has 0 fully saturated rings. The van der Waals surface area contributed by atoms with Crippen LogP contribution >= 0.6 is 19.6 Å². The summed E-state index contributed by atoms with van der Waals surface area (Å²) in [5.41, 5.74) is 7.16. The Bertz CT molecular complexity index is 881. The third kappa shape index (κ3) is 12.9. The van der Waals surface area contributed by atoms with Crippen molar-refractivity contribution in [3.63, 3.8) is 0 Å². The fourth-order valence-corrected chi connectivity index (χ4v) is 7.58. The van der Waals surface area contributed by atoms with E-state index >= 15 is 0 Å². The van der Waals surface area contributed by atoms with Crippen molar-refractivity contribution in [3.8, 4) is 0 Å². The van der Waals surface area contributed by atoms with Crippen LogP contribution in [0, 0.1) is 0 Å². The second-order valence-electron chi connectivity index (χ2n) is 10.2. The summed E-state index contributed by atoms with van der Waals surface area (Å²) in [4.78, 5) is 12.7. The molecule has 0 aromatic carbocycles. The molecule has 3 unspecified atom stereocenters. The molecule has 9 heteroatoms.